The Morgan fingerprint density at radius 3 is 3.00 bits per heavy atom. The van der Waals surface area contributed by atoms with Gasteiger partial charge in [0, 0.05) is 18.1 Å². The molecule has 0 aliphatic carbocycles. The summed E-state index contributed by atoms with van der Waals surface area (Å²) in [5.41, 5.74) is 1.08. The largest absolute Gasteiger partial charge is 0.269 e. The Balaban J connectivity index is 2.48. The molecule has 3 heteroatoms. The first-order valence-corrected chi connectivity index (χ1v) is 3.71. The highest BCUT2D eigenvalue weighted by atomic mass is 32.1. The van der Waals surface area contributed by atoms with Crippen molar-refractivity contribution < 1.29 is 0 Å². The van der Waals surface area contributed by atoms with Crippen molar-refractivity contribution in [3.8, 4) is 0 Å². The van der Waals surface area contributed by atoms with E-state index in [0.29, 0.717) is 0 Å². The lowest BCUT2D eigenvalue weighted by atomic mass is 10.3. The topological polar surface area (TPSA) is 17.8 Å². The van der Waals surface area contributed by atoms with E-state index in [1.807, 2.05) is 16.9 Å². The van der Waals surface area contributed by atoms with Gasteiger partial charge in [0.15, 0.2) is 0 Å². The first-order valence-electron chi connectivity index (χ1n) is 3.08. The van der Waals surface area contributed by atoms with Crippen molar-refractivity contribution in [2.24, 2.45) is 0 Å². The summed E-state index contributed by atoms with van der Waals surface area (Å²) < 4.78 is 1.83. The second-order valence-corrected chi connectivity index (χ2v) is 2.43. The van der Waals surface area contributed by atoms with E-state index in [4.69, 9.17) is 0 Å². The summed E-state index contributed by atoms with van der Waals surface area (Å²) in [5.74, 6) is 0.722. The van der Waals surface area contributed by atoms with Gasteiger partial charge in [0.05, 0.1) is 6.54 Å². The van der Waals surface area contributed by atoms with Crippen LogP contribution in [0.25, 0.3) is 0 Å². The molecule has 0 unspecified atom stereocenters. The van der Waals surface area contributed by atoms with E-state index in [2.05, 4.69) is 24.3 Å². The zero-order valence-corrected chi connectivity index (χ0v) is 6.59. The van der Waals surface area contributed by atoms with Gasteiger partial charge < -0.3 is 0 Å². The van der Waals surface area contributed by atoms with E-state index in [1.165, 1.54) is 0 Å². The second-order valence-electron chi connectivity index (χ2n) is 2.11. The van der Waals surface area contributed by atoms with Crippen molar-refractivity contribution in [2.45, 2.75) is 6.54 Å². The summed E-state index contributed by atoms with van der Waals surface area (Å²) in [6.07, 6.45) is 3.67. The highest BCUT2D eigenvalue weighted by molar-refractivity contribution is 7.80. The van der Waals surface area contributed by atoms with Gasteiger partial charge in [-0.25, -0.2) is 0 Å². The Morgan fingerprint density at radius 1 is 1.70 bits per heavy atom. The summed E-state index contributed by atoms with van der Waals surface area (Å²) in [6, 6.07) is 1.89. The fraction of sp³-hybridized carbons (Fsp3) is 0.286. The lowest BCUT2D eigenvalue weighted by Crippen LogP contribution is -2.00. The highest BCUT2D eigenvalue weighted by Gasteiger charge is 1.91. The quantitative estimate of drug-likeness (QED) is 0.514. The van der Waals surface area contributed by atoms with Crippen molar-refractivity contribution in [1.82, 2.24) is 9.78 Å². The average Bonchev–Trinajstić information content (AvgIpc) is 2.40. The van der Waals surface area contributed by atoms with Crippen molar-refractivity contribution >= 4 is 12.6 Å². The maximum Gasteiger partial charge on any atom is 0.0624 e. The molecule has 1 aromatic heterocycles. The molecule has 0 fully saturated rings. The molecule has 54 valence electrons. The molecule has 1 heterocycles. The van der Waals surface area contributed by atoms with Crippen LogP contribution in [0.15, 0.2) is 30.6 Å². The third kappa shape index (κ3) is 1.92. The normalized spacial score (nSPS) is 9.70. The molecular weight excluding hydrogens is 144 g/mol. The van der Waals surface area contributed by atoms with Gasteiger partial charge >= 0.3 is 0 Å². The Bertz CT molecular complexity index is 203. The summed E-state index contributed by atoms with van der Waals surface area (Å²) in [4.78, 5) is 0. The second kappa shape index (κ2) is 3.46. The van der Waals surface area contributed by atoms with Crippen LogP contribution in [0.5, 0.6) is 0 Å². The molecule has 10 heavy (non-hydrogen) atoms. The molecule has 0 bridgehead atoms. The minimum absolute atomic E-state index is 0.722. The van der Waals surface area contributed by atoms with Gasteiger partial charge in [-0.2, -0.15) is 17.7 Å². The molecule has 0 radical (unpaired) electrons. The molecule has 0 saturated heterocycles. The zero-order chi connectivity index (χ0) is 7.40. The number of hydrogen-bond donors (Lipinski definition) is 1. The molecule has 0 saturated carbocycles. The van der Waals surface area contributed by atoms with Crippen LogP contribution < -0.4 is 0 Å². The Kier molecular flexibility index (Phi) is 2.57. The van der Waals surface area contributed by atoms with E-state index in [-0.39, 0.29) is 0 Å². The fourth-order valence-corrected chi connectivity index (χ4v) is 0.773. The van der Waals surface area contributed by atoms with E-state index in [1.54, 1.807) is 6.20 Å². The van der Waals surface area contributed by atoms with Crippen LogP contribution in [0.4, 0.5) is 0 Å². The predicted molar refractivity (Wildman–Crippen MR) is 45.2 cm³/mol. The lowest BCUT2D eigenvalue weighted by molar-refractivity contribution is 0.680. The maximum atomic E-state index is 4.09. The third-order valence-electron chi connectivity index (χ3n) is 1.17. The Hall–Kier alpha value is -0.700. The molecule has 0 amide bonds. The number of hydrogen-bond acceptors (Lipinski definition) is 2. The SMILES string of the molecule is C=C(CS)Cn1cccn1. The van der Waals surface area contributed by atoms with Crippen molar-refractivity contribution in [3.05, 3.63) is 30.6 Å². The number of rotatable bonds is 3. The van der Waals surface area contributed by atoms with Crippen LogP contribution in [-0.4, -0.2) is 15.5 Å². The van der Waals surface area contributed by atoms with Crippen LogP contribution in [0.2, 0.25) is 0 Å². The minimum atomic E-state index is 0.722. The molecule has 0 atom stereocenters. The van der Waals surface area contributed by atoms with Gasteiger partial charge in [-0.3, -0.25) is 4.68 Å². The first kappa shape index (κ1) is 7.41. The molecule has 0 N–H and O–H groups in total. The summed E-state index contributed by atoms with van der Waals surface area (Å²) in [6.45, 7) is 4.59. The van der Waals surface area contributed by atoms with Gasteiger partial charge in [0.25, 0.3) is 0 Å². The van der Waals surface area contributed by atoms with Gasteiger partial charge in [-0.15, -0.1) is 0 Å². The van der Waals surface area contributed by atoms with Crippen LogP contribution in [0, 0.1) is 0 Å². The van der Waals surface area contributed by atoms with Crippen LogP contribution in [0.1, 0.15) is 0 Å². The van der Waals surface area contributed by atoms with Crippen LogP contribution in [-0.2, 0) is 6.54 Å². The zero-order valence-electron chi connectivity index (χ0n) is 5.70. The molecule has 0 aliphatic rings. The number of nitrogens with zero attached hydrogens (tertiary/aromatic N) is 2. The minimum Gasteiger partial charge on any atom is -0.269 e. The molecule has 1 aromatic rings. The van der Waals surface area contributed by atoms with E-state index in [0.717, 1.165) is 17.9 Å². The van der Waals surface area contributed by atoms with Crippen molar-refractivity contribution in [2.75, 3.05) is 5.75 Å². The predicted octanol–water partition coefficient (Wildman–Crippen LogP) is 1.37. The lowest BCUT2D eigenvalue weighted by Gasteiger charge is -2.00. The van der Waals surface area contributed by atoms with Gasteiger partial charge in [-0.05, 0) is 11.6 Å². The molecule has 2 nitrogen and oxygen atoms in total. The maximum absolute atomic E-state index is 4.09. The van der Waals surface area contributed by atoms with Crippen molar-refractivity contribution in [1.29, 1.82) is 0 Å². The molecule has 0 aliphatic heterocycles. The van der Waals surface area contributed by atoms with E-state index >= 15 is 0 Å². The fourth-order valence-electron chi connectivity index (χ4n) is 0.673. The Morgan fingerprint density at radius 2 is 2.50 bits per heavy atom. The summed E-state index contributed by atoms with van der Waals surface area (Å²) >= 11 is 4.09. The average molecular weight is 154 g/mol. The van der Waals surface area contributed by atoms with Crippen LogP contribution >= 0.6 is 12.6 Å². The van der Waals surface area contributed by atoms with E-state index in [9.17, 15) is 0 Å². The molecule has 1 rings (SSSR count). The molecule has 0 spiro atoms. The van der Waals surface area contributed by atoms with Crippen LogP contribution in [0.3, 0.4) is 0 Å². The summed E-state index contributed by atoms with van der Waals surface area (Å²) in [5, 5.41) is 4.03. The third-order valence-corrected chi connectivity index (χ3v) is 1.62. The van der Waals surface area contributed by atoms with Gasteiger partial charge in [0.1, 0.15) is 0 Å². The Labute approximate surface area is 66.0 Å². The highest BCUT2D eigenvalue weighted by Crippen LogP contribution is 1.96. The molecular formula is C7H10N2S. The number of aromatic nitrogens is 2. The molecule has 0 aromatic carbocycles. The smallest absolute Gasteiger partial charge is 0.0624 e. The standard InChI is InChI=1S/C7H10N2S/c1-7(6-10)5-9-4-2-3-8-9/h2-4,10H,1,5-6H2. The first-order chi connectivity index (χ1) is 4.83. The summed E-state index contributed by atoms with van der Waals surface area (Å²) in [7, 11) is 0. The van der Waals surface area contributed by atoms with E-state index < -0.39 is 0 Å². The van der Waals surface area contributed by atoms with Gasteiger partial charge in [0.2, 0.25) is 0 Å². The monoisotopic (exact) mass is 154 g/mol. The number of thiol groups is 1. The van der Waals surface area contributed by atoms with Gasteiger partial charge in [-0.1, -0.05) is 6.58 Å². The van der Waals surface area contributed by atoms with Crippen molar-refractivity contribution in [3.63, 3.8) is 0 Å².